The van der Waals surface area contributed by atoms with Gasteiger partial charge in [-0.3, -0.25) is 0 Å². The molecule has 3 N–H and O–H groups in total. The Kier molecular flexibility index (Phi) is 7.62. The Balaban J connectivity index is 2.28. The number of aliphatic hydroxyl groups excluding tert-OH is 1. The summed E-state index contributed by atoms with van der Waals surface area (Å²) < 4.78 is 0. The fourth-order valence-electron chi connectivity index (χ4n) is 2.20. The fourth-order valence-corrected chi connectivity index (χ4v) is 3.04. The number of rotatable bonds is 8. The van der Waals surface area contributed by atoms with Gasteiger partial charge < -0.3 is 15.7 Å². The molecule has 0 aliphatic carbocycles. The minimum atomic E-state index is -0.135. The maximum absolute atomic E-state index is 11.8. The summed E-state index contributed by atoms with van der Waals surface area (Å²) in [5, 5.41) is 16.9. The summed E-state index contributed by atoms with van der Waals surface area (Å²) in [6.45, 7) is 7.73. The lowest BCUT2D eigenvalue weighted by Crippen LogP contribution is -2.38. The molecular weight excluding hydrogens is 272 g/mol. The number of carbonyl (C=O) groups is 1. The van der Waals surface area contributed by atoms with E-state index in [9.17, 15) is 4.79 Å². The molecule has 0 saturated carbocycles. The normalized spacial score (nSPS) is 12.4. The van der Waals surface area contributed by atoms with Crippen molar-refractivity contribution in [1.29, 1.82) is 0 Å². The minimum Gasteiger partial charge on any atom is -0.396 e. The number of carbonyl (C=O) groups excluding carboxylic acids is 1. The zero-order valence-corrected chi connectivity index (χ0v) is 13.4. The topological polar surface area (TPSA) is 61.4 Å². The zero-order chi connectivity index (χ0) is 15.0. The number of urea groups is 1. The molecule has 0 fully saturated rings. The van der Waals surface area contributed by atoms with Crippen molar-refractivity contribution in [2.45, 2.75) is 40.2 Å². The van der Waals surface area contributed by atoms with Crippen LogP contribution in [0.1, 0.15) is 37.1 Å². The Morgan fingerprint density at radius 2 is 2.15 bits per heavy atom. The highest BCUT2D eigenvalue weighted by molar-refractivity contribution is 7.10. The molecule has 0 aliphatic heterocycles. The van der Waals surface area contributed by atoms with E-state index in [1.54, 1.807) is 11.3 Å². The highest BCUT2D eigenvalue weighted by Gasteiger charge is 2.12. The Morgan fingerprint density at radius 3 is 2.70 bits per heavy atom. The first-order chi connectivity index (χ1) is 9.52. The van der Waals surface area contributed by atoms with E-state index in [-0.39, 0.29) is 12.6 Å². The van der Waals surface area contributed by atoms with Crippen LogP contribution in [0.5, 0.6) is 0 Å². The van der Waals surface area contributed by atoms with Crippen LogP contribution in [0.4, 0.5) is 4.79 Å². The molecule has 1 aromatic heterocycles. The van der Waals surface area contributed by atoms with E-state index in [1.165, 1.54) is 10.4 Å². The first kappa shape index (κ1) is 17.0. The summed E-state index contributed by atoms with van der Waals surface area (Å²) in [4.78, 5) is 13.0. The first-order valence-electron chi connectivity index (χ1n) is 7.18. The lowest BCUT2D eigenvalue weighted by atomic mass is 9.94. The monoisotopic (exact) mass is 298 g/mol. The van der Waals surface area contributed by atoms with Crippen LogP contribution >= 0.6 is 11.3 Å². The Bertz CT molecular complexity index is 404. The zero-order valence-electron chi connectivity index (χ0n) is 12.6. The number of hydrogen-bond donors (Lipinski definition) is 3. The number of aryl methyl sites for hydroxylation is 1. The van der Waals surface area contributed by atoms with E-state index in [2.05, 4.69) is 30.5 Å². The molecule has 1 aromatic rings. The third-order valence-electron chi connectivity index (χ3n) is 3.27. The van der Waals surface area contributed by atoms with Gasteiger partial charge in [0.15, 0.2) is 0 Å². The predicted molar refractivity (Wildman–Crippen MR) is 83.9 cm³/mol. The third-order valence-corrected chi connectivity index (χ3v) is 4.29. The van der Waals surface area contributed by atoms with Gasteiger partial charge >= 0.3 is 6.03 Å². The van der Waals surface area contributed by atoms with Crippen molar-refractivity contribution in [2.75, 3.05) is 13.2 Å². The molecule has 0 aromatic carbocycles. The molecule has 0 bridgehead atoms. The van der Waals surface area contributed by atoms with Crippen LogP contribution in [-0.4, -0.2) is 24.3 Å². The average Bonchev–Trinajstić information content (AvgIpc) is 2.79. The van der Waals surface area contributed by atoms with Crippen molar-refractivity contribution in [2.24, 2.45) is 11.8 Å². The predicted octanol–water partition coefficient (Wildman–Crippen LogP) is 2.90. The van der Waals surface area contributed by atoms with E-state index in [0.717, 1.165) is 12.8 Å². The van der Waals surface area contributed by atoms with Crippen molar-refractivity contribution in [3.05, 3.63) is 21.9 Å². The van der Waals surface area contributed by atoms with Crippen LogP contribution in [0.15, 0.2) is 11.4 Å². The summed E-state index contributed by atoms with van der Waals surface area (Å²) >= 11 is 1.66. The molecule has 2 amide bonds. The summed E-state index contributed by atoms with van der Waals surface area (Å²) in [5.41, 5.74) is 1.22. The molecule has 114 valence electrons. The van der Waals surface area contributed by atoms with Crippen molar-refractivity contribution < 1.29 is 9.90 Å². The molecule has 5 heteroatoms. The highest BCUT2D eigenvalue weighted by atomic mass is 32.1. The number of hydrogen-bond acceptors (Lipinski definition) is 3. The largest absolute Gasteiger partial charge is 0.396 e. The minimum absolute atomic E-state index is 0.135. The van der Waals surface area contributed by atoms with Gasteiger partial charge in [-0.25, -0.2) is 4.79 Å². The van der Waals surface area contributed by atoms with Gasteiger partial charge in [0, 0.05) is 18.0 Å². The van der Waals surface area contributed by atoms with Crippen molar-refractivity contribution in [1.82, 2.24) is 10.6 Å². The van der Waals surface area contributed by atoms with Crippen LogP contribution in [0.3, 0.4) is 0 Å². The maximum atomic E-state index is 11.8. The van der Waals surface area contributed by atoms with Gasteiger partial charge in [0.25, 0.3) is 0 Å². The van der Waals surface area contributed by atoms with E-state index < -0.39 is 0 Å². The van der Waals surface area contributed by atoms with Crippen LogP contribution in [0, 0.1) is 18.8 Å². The average molecular weight is 298 g/mol. The summed E-state index contributed by atoms with van der Waals surface area (Å²) in [5.74, 6) is 0.916. The second-order valence-corrected chi connectivity index (χ2v) is 6.60. The lowest BCUT2D eigenvalue weighted by molar-refractivity contribution is 0.225. The Hall–Kier alpha value is -1.07. The molecule has 0 saturated heterocycles. The highest BCUT2D eigenvalue weighted by Crippen LogP contribution is 2.15. The van der Waals surface area contributed by atoms with Crippen molar-refractivity contribution in [3.63, 3.8) is 0 Å². The Labute approximate surface area is 125 Å². The number of thiophene rings is 1. The van der Waals surface area contributed by atoms with Crippen LogP contribution < -0.4 is 10.6 Å². The van der Waals surface area contributed by atoms with E-state index in [0.29, 0.717) is 24.9 Å². The van der Waals surface area contributed by atoms with Crippen molar-refractivity contribution >= 4 is 17.4 Å². The molecule has 1 atom stereocenters. The molecule has 20 heavy (non-hydrogen) atoms. The van der Waals surface area contributed by atoms with E-state index in [1.807, 2.05) is 12.3 Å². The molecule has 1 rings (SSSR count). The Morgan fingerprint density at radius 1 is 1.40 bits per heavy atom. The van der Waals surface area contributed by atoms with Crippen LogP contribution in [0.2, 0.25) is 0 Å². The molecule has 1 unspecified atom stereocenters. The van der Waals surface area contributed by atoms with Gasteiger partial charge in [-0.15, -0.1) is 11.3 Å². The van der Waals surface area contributed by atoms with Gasteiger partial charge in [-0.2, -0.15) is 0 Å². The molecule has 0 aliphatic rings. The second-order valence-electron chi connectivity index (χ2n) is 5.60. The molecule has 0 radical (unpaired) electrons. The molecular formula is C15H26N2O2S. The van der Waals surface area contributed by atoms with Gasteiger partial charge in [-0.05, 0) is 48.6 Å². The quantitative estimate of drug-likeness (QED) is 0.691. The summed E-state index contributed by atoms with van der Waals surface area (Å²) in [6, 6.07) is 1.92. The summed E-state index contributed by atoms with van der Waals surface area (Å²) in [6.07, 6.45) is 1.76. The standard InChI is InChI=1S/C15H26N2O2S/c1-11(2)8-13(4-6-18)9-16-15(19)17-10-14-12(3)5-7-20-14/h5,7,11,13,18H,4,6,8-10H2,1-3H3,(H2,16,17,19). The molecule has 1 heterocycles. The third kappa shape index (κ3) is 6.39. The van der Waals surface area contributed by atoms with Crippen LogP contribution in [0.25, 0.3) is 0 Å². The van der Waals surface area contributed by atoms with E-state index >= 15 is 0 Å². The van der Waals surface area contributed by atoms with Gasteiger partial charge in [0.2, 0.25) is 0 Å². The number of amides is 2. The van der Waals surface area contributed by atoms with Gasteiger partial charge in [-0.1, -0.05) is 13.8 Å². The SMILES string of the molecule is Cc1ccsc1CNC(=O)NCC(CCO)CC(C)C. The fraction of sp³-hybridized carbons (Fsp3) is 0.667. The van der Waals surface area contributed by atoms with Crippen molar-refractivity contribution in [3.8, 4) is 0 Å². The number of nitrogens with one attached hydrogen (secondary N) is 2. The first-order valence-corrected chi connectivity index (χ1v) is 8.06. The second kappa shape index (κ2) is 8.97. The van der Waals surface area contributed by atoms with E-state index in [4.69, 9.17) is 5.11 Å². The van der Waals surface area contributed by atoms with Gasteiger partial charge in [0.05, 0.1) is 6.54 Å². The van der Waals surface area contributed by atoms with Gasteiger partial charge in [0.1, 0.15) is 0 Å². The lowest BCUT2D eigenvalue weighted by Gasteiger charge is -2.18. The molecule has 0 spiro atoms. The summed E-state index contributed by atoms with van der Waals surface area (Å²) in [7, 11) is 0. The smallest absolute Gasteiger partial charge is 0.315 e. The number of aliphatic hydroxyl groups is 1. The van der Waals surface area contributed by atoms with Crippen LogP contribution in [-0.2, 0) is 6.54 Å². The maximum Gasteiger partial charge on any atom is 0.315 e. The molecule has 4 nitrogen and oxygen atoms in total.